The number of benzene rings is 2. The summed E-state index contributed by atoms with van der Waals surface area (Å²) in [5.74, 6) is 0.723. The van der Waals surface area contributed by atoms with Crippen LogP contribution in [0.25, 0.3) is 33.2 Å². The Morgan fingerprint density at radius 3 is 2.65 bits per heavy atom. The minimum atomic E-state index is -0.0356. The Balaban J connectivity index is 1.98. The van der Waals surface area contributed by atoms with Crippen LogP contribution in [0, 0.1) is 0 Å². The van der Waals surface area contributed by atoms with Gasteiger partial charge >= 0.3 is 0 Å². The highest BCUT2D eigenvalue weighted by Gasteiger charge is 2.09. The van der Waals surface area contributed by atoms with Crippen LogP contribution in [0.2, 0.25) is 0 Å². The van der Waals surface area contributed by atoms with E-state index >= 15 is 0 Å². The lowest BCUT2D eigenvalue weighted by Gasteiger charge is -2.06. The summed E-state index contributed by atoms with van der Waals surface area (Å²) < 4.78 is 11.0. The largest absolute Gasteiger partial charge is 0.497 e. The monoisotopic (exact) mass is 303 g/mol. The average molecular weight is 303 g/mol. The molecule has 0 saturated carbocycles. The molecule has 0 aliphatic carbocycles. The van der Waals surface area contributed by atoms with Crippen molar-refractivity contribution in [3.05, 3.63) is 71.0 Å². The molecule has 4 rings (SSSR count). The molecule has 0 N–H and O–H groups in total. The number of rotatable bonds is 2. The molecule has 0 aliphatic rings. The lowest BCUT2D eigenvalue weighted by molar-refractivity contribution is 0.414. The molecule has 4 nitrogen and oxygen atoms in total. The van der Waals surface area contributed by atoms with Crippen molar-refractivity contribution in [2.24, 2.45) is 0 Å². The number of nitrogens with zero attached hydrogens (tertiary/aromatic N) is 1. The van der Waals surface area contributed by atoms with Crippen molar-refractivity contribution in [2.45, 2.75) is 0 Å². The number of methoxy groups -OCH3 is 1. The molecule has 112 valence electrons. The second-order valence-corrected chi connectivity index (χ2v) is 5.22. The van der Waals surface area contributed by atoms with Gasteiger partial charge in [-0.05, 0) is 36.4 Å². The molecule has 0 saturated heterocycles. The van der Waals surface area contributed by atoms with Crippen molar-refractivity contribution in [3.8, 4) is 17.0 Å². The highest BCUT2D eigenvalue weighted by atomic mass is 16.5. The fourth-order valence-corrected chi connectivity index (χ4v) is 2.66. The van der Waals surface area contributed by atoms with E-state index in [9.17, 15) is 4.79 Å². The number of aromatic nitrogens is 1. The van der Waals surface area contributed by atoms with Crippen LogP contribution in [0.3, 0.4) is 0 Å². The minimum absolute atomic E-state index is 0.0356. The maximum absolute atomic E-state index is 12.7. The second kappa shape index (κ2) is 5.25. The third kappa shape index (κ3) is 2.25. The van der Waals surface area contributed by atoms with Crippen molar-refractivity contribution in [1.29, 1.82) is 0 Å². The minimum Gasteiger partial charge on any atom is -0.497 e. The van der Waals surface area contributed by atoms with Gasteiger partial charge in [-0.2, -0.15) is 0 Å². The van der Waals surface area contributed by atoms with Crippen molar-refractivity contribution in [1.82, 2.24) is 4.98 Å². The van der Waals surface area contributed by atoms with Crippen molar-refractivity contribution in [3.63, 3.8) is 0 Å². The van der Waals surface area contributed by atoms with Gasteiger partial charge in [-0.3, -0.25) is 9.78 Å². The summed E-state index contributed by atoms with van der Waals surface area (Å²) in [6.07, 6.45) is 1.68. The standard InChI is InChI=1S/C19H13NO3/c1-22-13-8-9-20-16(11-13)12-6-7-18-15(10-12)19(21)14-4-2-3-5-17(14)23-18/h2-11H,1H3. The van der Waals surface area contributed by atoms with Crippen LogP contribution in [0.5, 0.6) is 5.75 Å². The molecule has 4 aromatic rings. The fourth-order valence-electron chi connectivity index (χ4n) is 2.66. The van der Waals surface area contributed by atoms with Gasteiger partial charge in [0.15, 0.2) is 0 Å². The normalized spacial score (nSPS) is 11.0. The van der Waals surface area contributed by atoms with Gasteiger partial charge in [-0.1, -0.05) is 12.1 Å². The molecule has 2 heterocycles. The first-order chi connectivity index (χ1) is 11.3. The summed E-state index contributed by atoms with van der Waals surface area (Å²) in [4.78, 5) is 17.0. The second-order valence-electron chi connectivity index (χ2n) is 5.22. The molecule has 0 radical (unpaired) electrons. The lowest BCUT2D eigenvalue weighted by atomic mass is 10.1. The predicted octanol–water partition coefficient (Wildman–Crippen LogP) is 4.02. The zero-order chi connectivity index (χ0) is 15.8. The summed E-state index contributed by atoms with van der Waals surface area (Å²) in [6.45, 7) is 0. The van der Waals surface area contributed by atoms with Crippen LogP contribution in [-0.2, 0) is 0 Å². The Morgan fingerprint density at radius 1 is 0.957 bits per heavy atom. The van der Waals surface area contributed by atoms with Crippen LogP contribution in [0.4, 0.5) is 0 Å². The molecule has 2 aromatic heterocycles. The number of hydrogen-bond donors (Lipinski definition) is 0. The molecule has 23 heavy (non-hydrogen) atoms. The zero-order valence-electron chi connectivity index (χ0n) is 12.4. The Kier molecular flexibility index (Phi) is 3.08. The van der Waals surface area contributed by atoms with E-state index in [0.717, 1.165) is 17.0 Å². The number of hydrogen-bond acceptors (Lipinski definition) is 4. The first-order valence-corrected chi connectivity index (χ1v) is 7.22. The topological polar surface area (TPSA) is 52.3 Å². The molecule has 4 heteroatoms. The maximum Gasteiger partial charge on any atom is 0.200 e. The summed E-state index contributed by atoms with van der Waals surface area (Å²) in [5.41, 5.74) is 2.72. The van der Waals surface area contributed by atoms with Crippen LogP contribution >= 0.6 is 0 Å². The van der Waals surface area contributed by atoms with Gasteiger partial charge in [0.05, 0.1) is 23.6 Å². The van der Waals surface area contributed by atoms with Crippen molar-refractivity contribution >= 4 is 21.9 Å². The summed E-state index contributed by atoms with van der Waals surface area (Å²) in [5, 5.41) is 1.13. The SMILES string of the molecule is COc1ccnc(-c2ccc3oc4ccccc4c(=O)c3c2)c1. The first kappa shape index (κ1) is 13.5. The van der Waals surface area contributed by atoms with Crippen LogP contribution in [0.1, 0.15) is 0 Å². The Morgan fingerprint density at radius 2 is 1.78 bits per heavy atom. The van der Waals surface area contributed by atoms with Gasteiger partial charge < -0.3 is 9.15 Å². The van der Waals surface area contributed by atoms with Crippen LogP contribution in [-0.4, -0.2) is 12.1 Å². The van der Waals surface area contributed by atoms with Crippen LogP contribution in [0.15, 0.2) is 70.0 Å². The molecule has 0 spiro atoms. The predicted molar refractivity (Wildman–Crippen MR) is 89.8 cm³/mol. The Labute approximate surface area is 132 Å². The van der Waals surface area contributed by atoms with Gasteiger partial charge in [-0.25, -0.2) is 0 Å². The molecule has 0 bridgehead atoms. The summed E-state index contributed by atoms with van der Waals surface area (Å²) in [7, 11) is 1.61. The molecule has 0 fully saturated rings. The van der Waals surface area contributed by atoms with E-state index in [-0.39, 0.29) is 5.43 Å². The van der Waals surface area contributed by atoms with Gasteiger partial charge in [0.2, 0.25) is 5.43 Å². The number of ether oxygens (including phenoxy) is 1. The van der Waals surface area contributed by atoms with Crippen LogP contribution < -0.4 is 10.2 Å². The highest BCUT2D eigenvalue weighted by Crippen LogP contribution is 2.26. The molecule has 0 amide bonds. The van der Waals surface area contributed by atoms with E-state index in [1.807, 2.05) is 30.3 Å². The summed E-state index contributed by atoms with van der Waals surface area (Å²) >= 11 is 0. The lowest BCUT2D eigenvalue weighted by Crippen LogP contribution is -2.02. The van der Waals surface area contributed by atoms with E-state index in [4.69, 9.17) is 9.15 Å². The van der Waals surface area contributed by atoms with Gasteiger partial charge in [0.1, 0.15) is 16.9 Å². The van der Waals surface area contributed by atoms with E-state index < -0.39 is 0 Å². The zero-order valence-corrected chi connectivity index (χ0v) is 12.4. The maximum atomic E-state index is 12.7. The highest BCUT2D eigenvalue weighted by molar-refractivity contribution is 5.91. The smallest absolute Gasteiger partial charge is 0.200 e. The Hall–Kier alpha value is -3.14. The van der Waals surface area contributed by atoms with Gasteiger partial charge in [0.25, 0.3) is 0 Å². The Bertz CT molecular complexity index is 1080. The molecular weight excluding hydrogens is 290 g/mol. The molecular formula is C19H13NO3. The van der Waals surface area contributed by atoms with Crippen molar-refractivity contribution in [2.75, 3.05) is 7.11 Å². The van der Waals surface area contributed by atoms with Gasteiger partial charge in [0, 0.05) is 17.8 Å². The fraction of sp³-hybridized carbons (Fsp3) is 0.0526. The number of fused-ring (bicyclic) bond motifs is 2. The van der Waals surface area contributed by atoms with Crippen molar-refractivity contribution < 1.29 is 9.15 Å². The number of pyridine rings is 1. The first-order valence-electron chi connectivity index (χ1n) is 7.22. The van der Waals surface area contributed by atoms with E-state index in [1.165, 1.54) is 0 Å². The summed E-state index contributed by atoms with van der Waals surface area (Å²) in [6, 6.07) is 16.4. The van der Waals surface area contributed by atoms with E-state index in [2.05, 4.69) is 4.98 Å². The van der Waals surface area contributed by atoms with Gasteiger partial charge in [-0.15, -0.1) is 0 Å². The third-order valence-electron chi connectivity index (χ3n) is 3.84. The molecule has 0 atom stereocenters. The average Bonchev–Trinajstić information content (AvgIpc) is 2.62. The van der Waals surface area contributed by atoms with E-state index in [0.29, 0.717) is 21.9 Å². The third-order valence-corrected chi connectivity index (χ3v) is 3.84. The molecule has 0 unspecified atom stereocenters. The van der Waals surface area contributed by atoms with E-state index in [1.54, 1.807) is 37.6 Å². The molecule has 0 aliphatic heterocycles. The quantitative estimate of drug-likeness (QED) is 0.525. The number of para-hydroxylation sites is 1. The molecule has 2 aromatic carbocycles.